The van der Waals surface area contributed by atoms with Gasteiger partial charge in [0.1, 0.15) is 0 Å². The number of rotatable bonds is 3. The molecule has 0 fully saturated rings. The first kappa shape index (κ1) is 22.1. The second-order valence-electron chi connectivity index (χ2n) is 4.20. The average Bonchev–Trinajstić information content (AvgIpc) is 2.69. The first-order valence-corrected chi connectivity index (χ1v) is 7.86. The Kier molecular flexibility index (Phi) is 10.1. The molecule has 0 saturated carbocycles. The minimum Gasteiger partial charge on any atom is -0.619 e. The quantitative estimate of drug-likeness (QED) is 0.467. The molecule has 3 aromatic heterocycles. The van der Waals surface area contributed by atoms with Crippen molar-refractivity contribution in [2.24, 2.45) is 0 Å². The molecule has 10 nitrogen and oxygen atoms in total. The van der Waals surface area contributed by atoms with Gasteiger partial charge in [0.15, 0.2) is 16.5 Å². The summed E-state index contributed by atoms with van der Waals surface area (Å²) in [6.07, 6.45) is 9.89. The van der Waals surface area contributed by atoms with Gasteiger partial charge in [-0.05, 0) is 0 Å². The standard InChI is InChI=1S/2C5H5ClN2O.C5H6N2O2/c1-9-5-3-7-2-4(6)8-5;1-9-5-4(6)7-2-3-8-5;1-9-5-4-7(8)3-2-6-5/h2*2-3H,1H3;2-4H,1H3. The molecule has 0 saturated heterocycles. The molecule has 0 aliphatic carbocycles. The van der Waals surface area contributed by atoms with Crippen molar-refractivity contribution in [3.05, 3.63) is 58.9 Å². The van der Waals surface area contributed by atoms with Crippen molar-refractivity contribution >= 4 is 23.2 Å². The fourth-order valence-electron chi connectivity index (χ4n) is 1.33. The van der Waals surface area contributed by atoms with E-state index in [1.807, 2.05) is 0 Å². The van der Waals surface area contributed by atoms with E-state index in [9.17, 15) is 5.21 Å². The molecule has 0 spiro atoms. The normalized spacial score (nSPS) is 9.07. The Morgan fingerprint density at radius 2 is 1.59 bits per heavy atom. The van der Waals surface area contributed by atoms with Crippen LogP contribution >= 0.6 is 23.2 Å². The first-order valence-electron chi connectivity index (χ1n) is 7.11. The number of nitrogens with zero attached hydrogens (tertiary/aromatic N) is 6. The Labute approximate surface area is 165 Å². The predicted molar refractivity (Wildman–Crippen MR) is 96.9 cm³/mol. The molecule has 3 aromatic rings. The maximum absolute atomic E-state index is 10.4. The van der Waals surface area contributed by atoms with Gasteiger partial charge in [-0.2, -0.15) is 9.71 Å². The fourth-order valence-corrected chi connectivity index (χ4v) is 1.65. The van der Waals surface area contributed by atoms with E-state index < -0.39 is 0 Å². The highest BCUT2D eigenvalue weighted by molar-refractivity contribution is 6.30. The van der Waals surface area contributed by atoms with E-state index in [1.54, 1.807) is 0 Å². The number of hydrogen-bond donors (Lipinski definition) is 0. The van der Waals surface area contributed by atoms with Crippen LogP contribution in [0.5, 0.6) is 17.6 Å². The number of halogens is 2. The Morgan fingerprint density at radius 1 is 0.889 bits per heavy atom. The van der Waals surface area contributed by atoms with Crippen LogP contribution in [0.2, 0.25) is 10.3 Å². The van der Waals surface area contributed by atoms with Crippen molar-refractivity contribution in [3.8, 4) is 17.6 Å². The molecular formula is C15H16Cl2N6O4. The molecule has 0 bridgehead atoms. The van der Waals surface area contributed by atoms with Gasteiger partial charge < -0.3 is 19.4 Å². The van der Waals surface area contributed by atoms with Crippen molar-refractivity contribution in [1.29, 1.82) is 0 Å². The van der Waals surface area contributed by atoms with Crippen LogP contribution in [0.1, 0.15) is 0 Å². The topological polar surface area (TPSA) is 119 Å². The molecule has 0 atom stereocenters. The maximum Gasteiger partial charge on any atom is 0.280 e. The molecule has 3 heterocycles. The van der Waals surface area contributed by atoms with Gasteiger partial charge in [0.2, 0.25) is 12.1 Å². The van der Waals surface area contributed by atoms with E-state index in [2.05, 4.69) is 29.7 Å². The third kappa shape index (κ3) is 8.79. The summed E-state index contributed by atoms with van der Waals surface area (Å²) in [4.78, 5) is 18.7. The van der Waals surface area contributed by atoms with E-state index in [4.69, 9.17) is 32.7 Å². The third-order valence-electron chi connectivity index (χ3n) is 2.47. The van der Waals surface area contributed by atoms with E-state index in [-0.39, 0.29) is 0 Å². The van der Waals surface area contributed by atoms with Gasteiger partial charge in [-0.1, -0.05) is 23.2 Å². The van der Waals surface area contributed by atoms with Crippen LogP contribution < -0.4 is 18.9 Å². The molecule has 0 N–H and O–H groups in total. The minimum absolute atomic E-state index is 0.292. The van der Waals surface area contributed by atoms with Gasteiger partial charge in [-0.15, -0.1) is 0 Å². The van der Waals surface area contributed by atoms with Gasteiger partial charge in [-0.25, -0.2) is 15.0 Å². The molecule has 3 rings (SSSR count). The van der Waals surface area contributed by atoms with Crippen molar-refractivity contribution in [2.45, 2.75) is 0 Å². The zero-order chi connectivity index (χ0) is 20.1. The summed E-state index contributed by atoms with van der Waals surface area (Å²) >= 11 is 11.0. The lowest BCUT2D eigenvalue weighted by molar-refractivity contribution is -0.606. The van der Waals surface area contributed by atoms with Crippen LogP contribution in [0.4, 0.5) is 0 Å². The molecule has 12 heteroatoms. The molecule has 0 radical (unpaired) electrons. The second kappa shape index (κ2) is 12.4. The van der Waals surface area contributed by atoms with Gasteiger partial charge in [0.25, 0.3) is 11.8 Å². The summed E-state index contributed by atoms with van der Waals surface area (Å²) in [5.41, 5.74) is 0. The Morgan fingerprint density at radius 3 is 2.04 bits per heavy atom. The van der Waals surface area contributed by atoms with Gasteiger partial charge in [0, 0.05) is 12.4 Å². The smallest absolute Gasteiger partial charge is 0.280 e. The summed E-state index contributed by atoms with van der Waals surface area (Å²) < 4.78 is 14.8. The molecular weight excluding hydrogens is 399 g/mol. The zero-order valence-corrected chi connectivity index (χ0v) is 16.1. The third-order valence-corrected chi connectivity index (χ3v) is 2.91. The first-order chi connectivity index (χ1) is 13.0. The highest BCUT2D eigenvalue weighted by atomic mass is 35.5. The molecule has 0 unspecified atom stereocenters. The fraction of sp³-hybridized carbons (Fsp3) is 0.200. The molecule has 0 aliphatic heterocycles. The van der Waals surface area contributed by atoms with Crippen molar-refractivity contribution in [3.63, 3.8) is 0 Å². The van der Waals surface area contributed by atoms with E-state index >= 15 is 0 Å². The highest BCUT2D eigenvalue weighted by Crippen LogP contribution is 2.15. The van der Waals surface area contributed by atoms with E-state index in [0.717, 1.165) is 0 Å². The summed E-state index contributed by atoms with van der Waals surface area (Å²) in [5.74, 6) is 1.12. The highest BCUT2D eigenvalue weighted by Gasteiger charge is 1.97. The summed E-state index contributed by atoms with van der Waals surface area (Å²) in [6.45, 7) is 0. The average molecular weight is 415 g/mol. The van der Waals surface area contributed by atoms with Gasteiger partial charge in [0.05, 0.1) is 39.9 Å². The van der Waals surface area contributed by atoms with Crippen LogP contribution in [-0.4, -0.2) is 46.2 Å². The molecule has 0 aromatic carbocycles. The number of hydrogen-bond acceptors (Lipinski definition) is 9. The predicted octanol–water partition coefficient (Wildman–Crippen LogP) is 2.00. The van der Waals surface area contributed by atoms with E-state index in [0.29, 0.717) is 32.7 Å². The Bertz CT molecular complexity index is 782. The maximum atomic E-state index is 10.4. The lowest BCUT2D eigenvalue weighted by atomic mass is 10.7. The van der Waals surface area contributed by atoms with Crippen LogP contribution in [0.25, 0.3) is 0 Å². The van der Waals surface area contributed by atoms with Gasteiger partial charge in [-0.3, -0.25) is 4.98 Å². The molecule has 144 valence electrons. The summed E-state index contributed by atoms with van der Waals surface area (Å²) in [7, 11) is 4.47. The largest absolute Gasteiger partial charge is 0.619 e. The molecule has 27 heavy (non-hydrogen) atoms. The Balaban J connectivity index is 0.000000202. The van der Waals surface area contributed by atoms with Crippen LogP contribution in [0, 0.1) is 5.21 Å². The summed E-state index contributed by atoms with van der Waals surface area (Å²) in [5, 5.41) is 11.1. The van der Waals surface area contributed by atoms with E-state index in [1.165, 1.54) is 64.7 Å². The lowest BCUT2D eigenvalue weighted by Gasteiger charge is -1.96. The van der Waals surface area contributed by atoms with Gasteiger partial charge >= 0.3 is 0 Å². The minimum atomic E-state index is 0.292. The van der Waals surface area contributed by atoms with Crippen molar-refractivity contribution < 1.29 is 18.9 Å². The van der Waals surface area contributed by atoms with Crippen LogP contribution in [0.3, 0.4) is 0 Å². The lowest BCUT2D eigenvalue weighted by Crippen LogP contribution is -2.24. The van der Waals surface area contributed by atoms with Crippen molar-refractivity contribution in [1.82, 2.24) is 24.9 Å². The molecule has 0 aliphatic rings. The number of aromatic nitrogens is 6. The SMILES string of the molecule is COc1c[n+]([O-])ccn1.COc1cncc(Cl)n1.COc1nccnc1Cl. The Hall–Kier alpha value is -2.98. The summed E-state index contributed by atoms with van der Waals surface area (Å²) in [6, 6.07) is 0. The van der Waals surface area contributed by atoms with Crippen molar-refractivity contribution in [2.75, 3.05) is 21.3 Å². The van der Waals surface area contributed by atoms with Crippen LogP contribution in [-0.2, 0) is 0 Å². The molecule has 0 amide bonds. The number of methoxy groups -OCH3 is 3. The van der Waals surface area contributed by atoms with Crippen LogP contribution in [0.15, 0.2) is 43.4 Å². The second-order valence-corrected chi connectivity index (χ2v) is 4.94. The number of ether oxygens (including phenoxy) is 3. The monoisotopic (exact) mass is 414 g/mol. The zero-order valence-electron chi connectivity index (χ0n) is 14.6.